The SMILES string of the molecule is Cc1nc(-c2ccc(C(F)(F)F)cc2)nc2c1cnn2C1CCC(F)(F)CC1. The zero-order valence-corrected chi connectivity index (χ0v) is 15.0. The second-order valence-corrected chi connectivity index (χ2v) is 7.12. The lowest BCUT2D eigenvalue weighted by atomic mass is 9.92. The molecule has 0 aliphatic heterocycles. The molecule has 1 aliphatic carbocycles. The molecule has 0 N–H and O–H groups in total. The van der Waals surface area contributed by atoms with Gasteiger partial charge >= 0.3 is 6.18 Å². The molecule has 9 heteroatoms. The maximum absolute atomic E-state index is 13.5. The lowest BCUT2D eigenvalue weighted by molar-refractivity contribution is -0.137. The van der Waals surface area contributed by atoms with Gasteiger partial charge in [0.05, 0.1) is 28.9 Å². The van der Waals surface area contributed by atoms with E-state index in [4.69, 9.17) is 0 Å². The van der Waals surface area contributed by atoms with Crippen LogP contribution in [0.5, 0.6) is 0 Å². The van der Waals surface area contributed by atoms with Crippen LogP contribution >= 0.6 is 0 Å². The van der Waals surface area contributed by atoms with Crippen molar-refractivity contribution in [1.29, 1.82) is 0 Å². The monoisotopic (exact) mass is 396 g/mol. The summed E-state index contributed by atoms with van der Waals surface area (Å²) in [5.74, 6) is -2.36. The Kier molecular flexibility index (Phi) is 4.35. The molecule has 0 amide bonds. The van der Waals surface area contributed by atoms with Crippen molar-refractivity contribution in [3.05, 3.63) is 41.7 Å². The third kappa shape index (κ3) is 3.45. The van der Waals surface area contributed by atoms with Crippen LogP contribution < -0.4 is 0 Å². The first-order chi connectivity index (χ1) is 13.1. The molecule has 0 atom stereocenters. The molecular formula is C19H17F5N4. The van der Waals surface area contributed by atoms with Crippen molar-refractivity contribution in [3.63, 3.8) is 0 Å². The summed E-state index contributed by atoms with van der Waals surface area (Å²) in [7, 11) is 0. The van der Waals surface area contributed by atoms with Crippen molar-refractivity contribution in [2.45, 2.75) is 50.7 Å². The van der Waals surface area contributed by atoms with Gasteiger partial charge in [-0.15, -0.1) is 0 Å². The number of aromatic nitrogens is 4. The molecule has 0 saturated heterocycles. The molecule has 3 aromatic rings. The first-order valence-electron chi connectivity index (χ1n) is 8.91. The van der Waals surface area contributed by atoms with E-state index in [9.17, 15) is 22.0 Å². The fourth-order valence-electron chi connectivity index (χ4n) is 3.54. The predicted octanol–water partition coefficient (Wildman–Crippen LogP) is 5.57. The van der Waals surface area contributed by atoms with Gasteiger partial charge in [0, 0.05) is 18.4 Å². The number of halogens is 5. The summed E-state index contributed by atoms with van der Waals surface area (Å²) in [5, 5.41) is 5.03. The fourth-order valence-corrected chi connectivity index (χ4v) is 3.54. The highest BCUT2D eigenvalue weighted by atomic mass is 19.4. The van der Waals surface area contributed by atoms with Crippen LogP contribution in [0.4, 0.5) is 22.0 Å². The summed E-state index contributed by atoms with van der Waals surface area (Å²) >= 11 is 0. The molecule has 1 saturated carbocycles. The largest absolute Gasteiger partial charge is 0.416 e. The molecule has 0 spiro atoms. The summed E-state index contributed by atoms with van der Waals surface area (Å²) in [6, 6.07) is 4.43. The van der Waals surface area contributed by atoms with Crippen molar-refractivity contribution in [2.24, 2.45) is 0 Å². The Morgan fingerprint density at radius 2 is 1.68 bits per heavy atom. The van der Waals surface area contributed by atoms with E-state index in [0.29, 0.717) is 35.1 Å². The Morgan fingerprint density at radius 3 is 2.29 bits per heavy atom. The second-order valence-electron chi connectivity index (χ2n) is 7.12. The average Bonchev–Trinajstić information content (AvgIpc) is 3.06. The van der Waals surface area contributed by atoms with Gasteiger partial charge in [-0.1, -0.05) is 12.1 Å². The number of rotatable bonds is 2. The highest BCUT2D eigenvalue weighted by Crippen LogP contribution is 2.39. The minimum atomic E-state index is -4.42. The van der Waals surface area contributed by atoms with E-state index in [1.54, 1.807) is 17.8 Å². The Labute approximate surface area is 157 Å². The first kappa shape index (κ1) is 18.8. The molecule has 2 aromatic heterocycles. The van der Waals surface area contributed by atoms with Crippen LogP contribution in [0.15, 0.2) is 30.5 Å². The van der Waals surface area contributed by atoms with Crippen LogP contribution in [0.25, 0.3) is 22.4 Å². The number of alkyl halides is 5. The average molecular weight is 396 g/mol. The smallest absolute Gasteiger partial charge is 0.244 e. The third-order valence-electron chi connectivity index (χ3n) is 5.15. The van der Waals surface area contributed by atoms with Gasteiger partial charge in [-0.3, -0.25) is 0 Å². The van der Waals surface area contributed by atoms with Crippen molar-refractivity contribution in [2.75, 3.05) is 0 Å². The Bertz CT molecular complexity index is 998. The van der Waals surface area contributed by atoms with E-state index in [0.717, 1.165) is 12.1 Å². The molecule has 28 heavy (non-hydrogen) atoms. The summed E-state index contributed by atoms with van der Waals surface area (Å²) < 4.78 is 66.9. The van der Waals surface area contributed by atoms with Gasteiger partial charge in [-0.2, -0.15) is 18.3 Å². The Balaban J connectivity index is 1.71. The van der Waals surface area contributed by atoms with E-state index >= 15 is 0 Å². The number of hydrogen-bond donors (Lipinski definition) is 0. The molecule has 1 fully saturated rings. The van der Waals surface area contributed by atoms with Crippen molar-refractivity contribution in [3.8, 4) is 11.4 Å². The zero-order chi connectivity index (χ0) is 20.1. The van der Waals surface area contributed by atoms with E-state index in [1.165, 1.54) is 12.1 Å². The predicted molar refractivity (Wildman–Crippen MR) is 93.0 cm³/mol. The third-order valence-corrected chi connectivity index (χ3v) is 5.15. The minimum Gasteiger partial charge on any atom is -0.244 e. The van der Waals surface area contributed by atoms with Crippen LogP contribution in [0.3, 0.4) is 0 Å². The van der Waals surface area contributed by atoms with E-state index in [2.05, 4.69) is 15.1 Å². The van der Waals surface area contributed by atoms with Crippen LogP contribution in [0.1, 0.15) is 43.0 Å². The Morgan fingerprint density at radius 1 is 1.04 bits per heavy atom. The number of hydrogen-bond acceptors (Lipinski definition) is 3. The van der Waals surface area contributed by atoms with Gasteiger partial charge < -0.3 is 0 Å². The topological polar surface area (TPSA) is 43.6 Å². The maximum Gasteiger partial charge on any atom is 0.416 e. The number of nitrogens with zero attached hydrogens (tertiary/aromatic N) is 4. The van der Waals surface area contributed by atoms with Crippen LogP contribution in [-0.4, -0.2) is 25.7 Å². The fraction of sp³-hybridized carbons (Fsp3) is 0.421. The minimum absolute atomic E-state index is 0.188. The lowest BCUT2D eigenvalue weighted by Gasteiger charge is -2.28. The van der Waals surface area contributed by atoms with Crippen molar-refractivity contribution < 1.29 is 22.0 Å². The molecular weight excluding hydrogens is 379 g/mol. The molecule has 2 heterocycles. The molecule has 4 nitrogen and oxygen atoms in total. The summed E-state index contributed by atoms with van der Waals surface area (Å²) in [5.41, 5.74) is 0.841. The van der Waals surface area contributed by atoms with Gasteiger partial charge in [-0.05, 0) is 31.9 Å². The number of benzene rings is 1. The van der Waals surface area contributed by atoms with Gasteiger partial charge in [0.1, 0.15) is 0 Å². The van der Waals surface area contributed by atoms with Crippen molar-refractivity contribution in [1.82, 2.24) is 19.7 Å². The van der Waals surface area contributed by atoms with Gasteiger partial charge in [0.15, 0.2) is 11.5 Å². The molecule has 4 rings (SSSR count). The van der Waals surface area contributed by atoms with E-state index in [1.807, 2.05) is 0 Å². The van der Waals surface area contributed by atoms with Gasteiger partial charge in [0.25, 0.3) is 0 Å². The lowest BCUT2D eigenvalue weighted by Crippen LogP contribution is -2.26. The normalized spacial score (nSPS) is 17.9. The van der Waals surface area contributed by atoms with Gasteiger partial charge in [0.2, 0.25) is 5.92 Å². The highest BCUT2D eigenvalue weighted by Gasteiger charge is 2.36. The van der Waals surface area contributed by atoms with Crippen LogP contribution in [-0.2, 0) is 6.18 Å². The molecule has 1 aliphatic rings. The second kappa shape index (κ2) is 6.49. The molecule has 1 aromatic carbocycles. The number of fused-ring (bicyclic) bond motifs is 1. The summed E-state index contributed by atoms with van der Waals surface area (Å²) in [6.45, 7) is 1.76. The molecule has 148 valence electrons. The van der Waals surface area contributed by atoms with Gasteiger partial charge in [-0.25, -0.2) is 23.4 Å². The highest BCUT2D eigenvalue weighted by molar-refractivity contribution is 5.79. The summed E-state index contributed by atoms with van der Waals surface area (Å²) in [6.07, 6.45) is -2.62. The maximum atomic E-state index is 13.5. The quantitative estimate of drug-likeness (QED) is 0.532. The van der Waals surface area contributed by atoms with Crippen molar-refractivity contribution >= 4 is 11.0 Å². The van der Waals surface area contributed by atoms with Crippen LogP contribution in [0.2, 0.25) is 0 Å². The summed E-state index contributed by atoms with van der Waals surface area (Å²) in [4.78, 5) is 8.87. The number of aryl methyl sites for hydroxylation is 1. The zero-order valence-electron chi connectivity index (χ0n) is 15.0. The first-order valence-corrected chi connectivity index (χ1v) is 8.91. The van der Waals surface area contributed by atoms with E-state index in [-0.39, 0.29) is 24.7 Å². The Hall–Kier alpha value is -2.58. The molecule has 0 radical (unpaired) electrons. The standard InChI is InChI=1S/C19H17F5N4/c1-11-15-10-25-28(14-6-8-18(20,21)9-7-14)17(15)27-16(26-11)12-2-4-13(5-3-12)19(22,23)24/h2-5,10,14H,6-9H2,1H3. The molecule has 0 unspecified atom stereocenters. The van der Waals surface area contributed by atoms with Crippen LogP contribution in [0, 0.1) is 6.92 Å². The van der Waals surface area contributed by atoms with E-state index < -0.39 is 17.7 Å². The molecule has 0 bridgehead atoms.